The molecule has 0 saturated heterocycles. The number of nitrogen functional groups attached to an aromatic ring is 1. The van der Waals surface area contributed by atoms with E-state index >= 15 is 0 Å². The summed E-state index contributed by atoms with van der Waals surface area (Å²) in [7, 11) is 0. The lowest BCUT2D eigenvalue weighted by Gasteiger charge is -2.23. The first-order chi connectivity index (χ1) is 9.58. The minimum absolute atomic E-state index is 0.00116. The molecule has 3 nitrogen and oxygen atoms in total. The van der Waals surface area contributed by atoms with Crippen LogP contribution in [0.1, 0.15) is 35.8 Å². The maximum Gasteiger partial charge on any atom is 0.251 e. The highest BCUT2D eigenvalue weighted by Crippen LogP contribution is 2.22. The lowest BCUT2D eigenvalue weighted by Crippen LogP contribution is -2.31. The molecule has 104 valence electrons. The summed E-state index contributed by atoms with van der Waals surface area (Å²) in [6, 6.07) is 17.0. The molecule has 1 amide bonds. The molecule has 0 aromatic heterocycles. The van der Waals surface area contributed by atoms with Crippen LogP contribution in [0.3, 0.4) is 0 Å². The quantitative estimate of drug-likeness (QED) is 0.835. The molecule has 2 aromatic rings. The number of nitrogens with two attached hydrogens (primary N) is 1. The van der Waals surface area contributed by atoms with Crippen LogP contribution in [-0.4, -0.2) is 5.91 Å². The van der Waals surface area contributed by atoms with E-state index in [0.717, 1.165) is 5.56 Å². The zero-order valence-corrected chi connectivity index (χ0v) is 11.8. The largest absolute Gasteiger partial charge is 0.399 e. The van der Waals surface area contributed by atoms with Gasteiger partial charge in [-0.25, -0.2) is 0 Å². The van der Waals surface area contributed by atoms with E-state index in [1.807, 2.05) is 30.3 Å². The zero-order chi connectivity index (χ0) is 14.5. The van der Waals surface area contributed by atoms with E-state index in [4.69, 9.17) is 5.73 Å². The Morgan fingerprint density at radius 2 is 1.60 bits per heavy atom. The van der Waals surface area contributed by atoms with Crippen LogP contribution >= 0.6 is 0 Å². The number of benzene rings is 2. The number of rotatable bonds is 4. The van der Waals surface area contributed by atoms with Crippen LogP contribution < -0.4 is 11.1 Å². The van der Waals surface area contributed by atoms with E-state index in [-0.39, 0.29) is 11.9 Å². The molecular formula is C17H20N2O. The molecular weight excluding hydrogens is 248 g/mol. The van der Waals surface area contributed by atoms with Gasteiger partial charge in [-0.1, -0.05) is 44.2 Å². The van der Waals surface area contributed by atoms with Gasteiger partial charge in [0.2, 0.25) is 0 Å². The fourth-order valence-electron chi connectivity index (χ4n) is 2.15. The molecule has 0 heterocycles. The smallest absolute Gasteiger partial charge is 0.251 e. The van der Waals surface area contributed by atoms with Crippen molar-refractivity contribution in [3.8, 4) is 0 Å². The van der Waals surface area contributed by atoms with E-state index in [1.165, 1.54) is 0 Å². The fraction of sp³-hybridized carbons (Fsp3) is 0.235. The van der Waals surface area contributed by atoms with Crippen LogP contribution in [0.4, 0.5) is 5.69 Å². The van der Waals surface area contributed by atoms with Gasteiger partial charge < -0.3 is 11.1 Å². The molecule has 2 aromatic carbocycles. The van der Waals surface area contributed by atoms with Crippen molar-refractivity contribution in [1.82, 2.24) is 5.32 Å². The molecule has 2 rings (SSSR count). The Hall–Kier alpha value is -2.29. The SMILES string of the molecule is CC(C)C(NC(=O)c1ccc(N)cc1)c1ccccc1. The van der Waals surface area contributed by atoms with Gasteiger partial charge in [0.05, 0.1) is 6.04 Å². The summed E-state index contributed by atoms with van der Waals surface area (Å²) < 4.78 is 0. The molecule has 0 spiro atoms. The topological polar surface area (TPSA) is 55.1 Å². The average molecular weight is 268 g/mol. The van der Waals surface area contributed by atoms with E-state index in [0.29, 0.717) is 17.2 Å². The zero-order valence-electron chi connectivity index (χ0n) is 11.8. The van der Waals surface area contributed by atoms with Gasteiger partial charge >= 0.3 is 0 Å². The standard InChI is InChI=1S/C17H20N2O/c1-12(2)16(13-6-4-3-5-7-13)19-17(20)14-8-10-15(18)11-9-14/h3-12,16H,18H2,1-2H3,(H,19,20). The van der Waals surface area contributed by atoms with Crippen molar-refractivity contribution < 1.29 is 4.79 Å². The number of nitrogens with one attached hydrogen (secondary N) is 1. The summed E-state index contributed by atoms with van der Waals surface area (Å²) >= 11 is 0. The number of hydrogen-bond donors (Lipinski definition) is 2. The minimum Gasteiger partial charge on any atom is -0.399 e. The van der Waals surface area contributed by atoms with Crippen molar-refractivity contribution in [2.45, 2.75) is 19.9 Å². The second-order valence-corrected chi connectivity index (χ2v) is 5.23. The molecule has 1 unspecified atom stereocenters. The van der Waals surface area contributed by atoms with E-state index in [9.17, 15) is 4.79 Å². The van der Waals surface area contributed by atoms with Crippen molar-refractivity contribution in [3.05, 3.63) is 65.7 Å². The first kappa shape index (κ1) is 14.1. The van der Waals surface area contributed by atoms with Gasteiger partial charge in [0.1, 0.15) is 0 Å². The Morgan fingerprint density at radius 3 is 2.15 bits per heavy atom. The number of anilines is 1. The van der Waals surface area contributed by atoms with E-state index in [2.05, 4.69) is 19.2 Å². The van der Waals surface area contributed by atoms with E-state index in [1.54, 1.807) is 24.3 Å². The molecule has 0 bridgehead atoms. The molecule has 3 N–H and O–H groups in total. The highest BCUT2D eigenvalue weighted by molar-refractivity contribution is 5.94. The Bertz CT molecular complexity index is 561. The van der Waals surface area contributed by atoms with Crippen molar-refractivity contribution in [2.24, 2.45) is 5.92 Å². The number of hydrogen-bond acceptors (Lipinski definition) is 2. The van der Waals surface area contributed by atoms with Crippen LogP contribution in [0.15, 0.2) is 54.6 Å². The van der Waals surface area contributed by atoms with Crippen molar-refractivity contribution >= 4 is 11.6 Å². The molecule has 0 aliphatic rings. The Labute approximate surface area is 119 Å². The summed E-state index contributed by atoms with van der Waals surface area (Å²) in [4.78, 5) is 12.3. The normalized spacial score (nSPS) is 12.2. The summed E-state index contributed by atoms with van der Waals surface area (Å²) in [5, 5.41) is 3.09. The van der Waals surface area contributed by atoms with Crippen molar-refractivity contribution in [2.75, 3.05) is 5.73 Å². The van der Waals surface area contributed by atoms with Gasteiger partial charge in [-0.05, 0) is 35.7 Å². The third-order valence-corrected chi connectivity index (χ3v) is 3.28. The molecule has 0 aliphatic carbocycles. The molecule has 3 heteroatoms. The predicted molar refractivity (Wildman–Crippen MR) is 82.3 cm³/mol. The van der Waals surface area contributed by atoms with Gasteiger partial charge in [-0.2, -0.15) is 0 Å². The molecule has 0 aliphatic heterocycles. The molecule has 20 heavy (non-hydrogen) atoms. The van der Waals surface area contributed by atoms with Crippen molar-refractivity contribution in [3.63, 3.8) is 0 Å². The van der Waals surface area contributed by atoms with Crippen LogP contribution in [-0.2, 0) is 0 Å². The number of carbonyl (C=O) groups excluding carboxylic acids is 1. The maximum atomic E-state index is 12.3. The van der Waals surface area contributed by atoms with Crippen LogP contribution in [0, 0.1) is 5.92 Å². The number of amides is 1. The van der Waals surface area contributed by atoms with Gasteiger partial charge in [-0.3, -0.25) is 4.79 Å². The fourth-order valence-corrected chi connectivity index (χ4v) is 2.15. The monoisotopic (exact) mass is 268 g/mol. The highest BCUT2D eigenvalue weighted by Gasteiger charge is 2.18. The molecule has 0 radical (unpaired) electrons. The maximum absolute atomic E-state index is 12.3. The Kier molecular flexibility index (Phi) is 4.41. The van der Waals surface area contributed by atoms with E-state index < -0.39 is 0 Å². The lowest BCUT2D eigenvalue weighted by molar-refractivity contribution is 0.0925. The summed E-state index contributed by atoms with van der Waals surface area (Å²) in [6.45, 7) is 4.20. The second kappa shape index (κ2) is 6.24. The van der Waals surface area contributed by atoms with Crippen molar-refractivity contribution in [1.29, 1.82) is 0 Å². The third-order valence-electron chi connectivity index (χ3n) is 3.28. The van der Waals surface area contributed by atoms with Crippen LogP contribution in [0.5, 0.6) is 0 Å². The predicted octanol–water partition coefficient (Wildman–Crippen LogP) is 3.40. The van der Waals surface area contributed by atoms with Crippen LogP contribution in [0.2, 0.25) is 0 Å². The van der Waals surface area contributed by atoms with Gasteiger partial charge in [0.25, 0.3) is 5.91 Å². The summed E-state index contributed by atoms with van der Waals surface area (Å²) in [5.74, 6) is 0.239. The average Bonchev–Trinajstić information content (AvgIpc) is 2.46. The first-order valence-corrected chi connectivity index (χ1v) is 6.79. The first-order valence-electron chi connectivity index (χ1n) is 6.79. The molecule has 0 saturated carbocycles. The Balaban J connectivity index is 2.17. The Morgan fingerprint density at radius 1 is 1.00 bits per heavy atom. The number of carbonyl (C=O) groups is 1. The molecule has 0 fully saturated rings. The third kappa shape index (κ3) is 3.38. The van der Waals surface area contributed by atoms with Crippen LogP contribution in [0.25, 0.3) is 0 Å². The highest BCUT2D eigenvalue weighted by atomic mass is 16.1. The van der Waals surface area contributed by atoms with Gasteiger partial charge in [0.15, 0.2) is 0 Å². The molecule has 1 atom stereocenters. The minimum atomic E-state index is -0.0763. The summed E-state index contributed by atoms with van der Waals surface area (Å²) in [5.41, 5.74) is 8.04. The second-order valence-electron chi connectivity index (χ2n) is 5.23. The lowest BCUT2D eigenvalue weighted by atomic mass is 9.95. The van der Waals surface area contributed by atoms with Gasteiger partial charge in [-0.15, -0.1) is 0 Å². The summed E-state index contributed by atoms with van der Waals surface area (Å²) in [6.07, 6.45) is 0. The van der Waals surface area contributed by atoms with Gasteiger partial charge in [0, 0.05) is 11.3 Å².